The first-order valence-electron chi connectivity index (χ1n) is 4.76. The van der Waals surface area contributed by atoms with Crippen LogP contribution in [0.2, 0.25) is 5.02 Å². The Morgan fingerprint density at radius 2 is 1.93 bits per heavy atom. The van der Waals surface area contributed by atoms with Crippen LogP contribution >= 0.6 is 11.6 Å². The molecule has 0 aromatic heterocycles. The molecule has 82 valence electrons. The normalized spacial score (nSPS) is 14.8. The lowest BCUT2D eigenvalue weighted by molar-refractivity contribution is 0.161. The third-order valence-electron chi connectivity index (χ3n) is 2.19. The second-order valence-corrected chi connectivity index (χ2v) is 3.68. The SMILES string of the molecule is ONCc1cc2c(cc1Cl)OCCCO2. The van der Waals surface area contributed by atoms with Gasteiger partial charge in [-0.15, -0.1) is 0 Å². The van der Waals surface area contributed by atoms with Crippen LogP contribution in [0.3, 0.4) is 0 Å². The summed E-state index contributed by atoms with van der Waals surface area (Å²) in [6.07, 6.45) is 0.861. The summed E-state index contributed by atoms with van der Waals surface area (Å²) in [4.78, 5) is 0. The van der Waals surface area contributed by atoms with Crippen LogP contribution in [0.15, 0.2) is 12.1 Å². The molecule has 0 spiro atoms. The van der Waals surface area contributed by atoms with E-state index in [9.17, 15) is 0 Å². The number of ether oxygens (including phenoxy) is 2. The van der Waals surface area contributed by atoms with E-state index in [1.54, 1.807) is 12.1 Å². The fourth-order valence-electron chi connectivity index (χ4n) is 1.45. The van der Waals surface area contributed by atoms with Gasteiger partial charge < -0.3 is 14.7 Å². The lowest BCUT2D eigenvalue weighted by Crippen LogP contribution is -2.07. The number of nitrogens with one attached hydrogen (secondary N) is 1. The summed E-state index contributed by atoms with van der Waals surface area (Å²) in [6.45, 7) is 1.57. The fourth-order valence-corrected chi connectivity index (χ4v) is 1.67. The molecular formula is C10H12ClNO3. The Morgan fingerprint density at radius 3 is 2.60 bits per heavy atom. The first kappa shape index (κ1) is 10.5. The highest BCUT2D eigenvalue weighted by Gasteiger charge is 2.13. The first-order chi connectivity index (χ1) is 7.31. The van der Waals surface area contributed by atoms with E-state index in [1.807, 2.05) is 0 Å². The molecule has 0 saturated carbocycles. The molecular weight excluding hydrogens is 218 g/mol. The predicted molar refractivity (Wildman–Crippen MR) is 55.7 cm³/mol. The maximum atomic E-state index is 8.62. The molecule has 1 heterocycles. The molecule has 2 N–H and O–H groups in total. The molecule has 2 rings (SSSR count). The molecule has 0 unspecified atom stereocenters. The Kier molecular flexibility index (Phi) is 3.30. The van der Waals surface area contributed by atoms with Crippen LogP contribution in [0.25, 0.3) is 0 Å². The Labute approximate surface area is 92.7 Å². The van der Waals surface area contributed by atoms with Crippen LogP contribution in [-0.2, 0) is 6.54 Å². The van der Waals surface area contributed by atoms with Crippen LogP contribution < -0.4 is 15.0 Å². The van der Waals surface area contributed by atoms with E-state index in [0.717, 1.165) is 12.0 Å². The maximum absolute atomic E-state index is 8.62. The fraction of sp³-hybridized carbons (Fsp3) is 0.400. The molecule has 0 fully saturated rings. The summed E-state index contributed by atoms with van der Waals surface area (Å²) < 4.78 is 11.0. The highest BCUT2D eigenvalue weighted by Crippen LogP contribution is 2.34. The summed E-state index contributed by atoms with van der Waals surface area (Å²) in [5, 5.41) is 9.18. The van der Waals surface area contributed by atoms with Gasteiger partial charge in [-0.1, -0.05) is 11.6 Å². The molecule has 0 bridgehead atoms. The molecule has 1 aromatic rings. The minimum absolute atomic E-state index is 0.287. The lowest BCUT2D eigenvalue weighted by Gasteiger charge is -2.10. The molecule has 1 aliphatic heterocycles. The van der Waals surface area contributed by atoms with Gasteiger partial charge in [0.25, 0.3) is 0 Å². The van der Waals surface area contributed by atoms with Gasteiger partial charge in [-0.05, 0) is 11.6 Å². The molecule has 1 aliphatic rings. The van der Waals surface area contributed by atoms with E-state index in [0.29, 0.717) is 29.7 Å². The van der Waals surface area contributed by atoms with Gasteiger partial charge in [-0.25, -0.2) is 5.48 Å². The topological polar surface area (TPSA) is 50.7 Å². The van der Waals surface area contributed by atoms with Gasteiger partial charge in [0.1, 0.15) is 0 Å². The van der Waals surface area contributed by atoms with E-state index in [1.165, 1.54) is 0 Å². The lowest BCUT2D eigenvalue weighted by atomic mass is 10.2. The molecule has 0 amide bonds. The highest BCUT2D eigenvalue weighted by molar-refractivity contribution is 6.31. The van der Waals surface area contributed by atoms with Gasteiger partial charge in [-0.3, -0.25) is 0 Å². The number of fused-ring (bicyclic) bond motifs is 1. The molecule has 0 saturated heterocycles. The number of hydroxylamine groups is 1. The Bertz CT molecular complexity index is 357. The predicted octanol–water partition coefficient (Wildman–Crippen LogP) is 1.98. The summed E-state index contributed by atoms with van der Waals surface area (Å²) in [7, 11) is 0. The minimum Gasteiger partial charge on any atom is -0.490 e. The van der Waals surface area contributed by atoms with Gasteiger partial charge in [0.2, 0.25) is 0 Å². The summed E-state index contributed by atoms with van der Waals surface area (Å²) >= 11 is 6.01. The zero-order chi connectivity index (χ0) is 10.7. The van der Waals surface area contributed by atoms with Crippen molar-refractivity contribution in [1.82, 2.24) is 5.48 Å². The largest absolute Gasteiger partial charge is 0.490 e. The van der Waals surface area contributed by atoms with E-state index in [-0.39, 0.29) is 6.54 Å². The van der Waals surface area contributed by atoms with E-state index >= 15 is 0 Å². The van der Waals surface area contributed by atoms with E-state index < -0.39 is 0 Å². The Hall–Kier alpha value is -0.970. The van der Waals surface area contributed by atoms with Crippen molar-refractivity contribution >= 4 is 11.6 Å². The van der Waals surface area contributed by atoms with Crippen molar-refractivity contribution in [3.63, 3.8) is 0 Å². The molecule has 4 nitrogen and oxygen atoms in total. The average Bonchev–Trinajstić information content (AvgIpc) is 2.44. The van der Waals surface area contributed by atoms with Gasteiger partial charge in [-0.2, -0.15) is 0 Å². The van der Waals surface area contributed by atoms with E-state index in [2.05, 4.69) is 5.48 Å². The van der Waals surface area contributed by atoms with Crippen molar-refractivity contribution in [2.24, 2.45) is 0 Å². The van der Waals surface area contributed by atoms with Crippen LogP contribution in [0.1, 0.15) is 12.0 Å². The number of rotatable bonds is 2. The van der Waals surface area contributed by atoms with Gasteiger partial charge in [0, 0.05) is 24.1 Å². The van der Waals surface area contributed by atoms with Crippen LogP contribution in [-0.4, -0.2) is 18.4 Å². The van der Waals surface area contributed by atoms with Crippen LogP contribution in [0.4, 0.5) is 0 Å². The first-order valence-corrected chi connectivity index (χ1v) is 5.14. The number of hydrogen-bond acceptors (Lipinski definition) is 4. The van der Waals surface area contributed by atoms with Crippen LogP contribution in [0.5, 0.6) is 11.5 Å². The third kappa shape index (κ3) is 2.34. The molecule has 0 atom stereocenters. The maximum Gasteiger partial charge on any atom is 0.162 e. The van der Waals surface area contributed by atoms with Gasteiger partial charge in [0.15, 0.2) is 11.5 Å². The molecule has 0 radical (unpaired) electrons. The van der Waals surface area contributed by atoms with Crippen molar-refractivity contribution in [2.75, 3.05) is 13.2 Å². The zero-order valence-electron chi connectivity index (χ0n) is 8.12. The van der Waals surface area contributed by atoms with Crippen molar-refractivity contribution in [3.05, 3.63) is 22.7 Å². The third-order valence-corrected chi connectivity index (χ3v) is 2.54. The van der Waals surface area contributed by atoms with Gasteiger partial charge >= 0.3 is 0 Å². The number of halogens is 1. The van der Waals surface area contributed by atoms with Crippen molar-refractivity contribution in [1.29, 1.82) is 0 Å². The Balaban J connectivity index is 2.33. The molecule has 15 heavy (non-hydrogen) atoms. The van der Waals surface area contributed by atoms with E-state index in [4.69, 9.17) is 26.3 Å². The van der Waals surface area contributed by atoms with Crippen molar-refractivity contribution < 1.29 is 14.7 Å². The molecule has 5 heteroatoms. The van der Waals surface area contributed by atoms with Crippen LogP contribution in [0, 0.1) is 0 Å². The molecule has 1 aromatic carbocycles. The number of hydrogen-bond donors (Lipinski definition) is 2. The number of benzene rings is 1. The summed E-state index contributed by atoms with van der Waals surface area (Å²) in [5.41, 5.74) is 2.85. The summed E-state index contributed by atoms with van der Waals surface area (Å²) in [6, 6.07) is 3.50. The quantitative estimate of drug-likeness (QED) is 0.762. The van der Waals surface area contributed by atoms with Crippen molar-refractivity contribution in [2.45, 2.75) is 13.0 Å². The molecule has 0 aliphatic carbocycles. The highest BCUT2D eigenvalue weighted by atomic mass is 35.5. The second kappa shape index (κ2) is 4.70. The average molecular weight is 230 g/mol. The minimum atomic E-state index is 0.287. The Morgan fingerprint density at radius 1 is 1.27 bits per heavy atom. The summed E-state index contributed by atoms with van der Waals surface area (Å²) in [5.74, 6) is 1.35. The zero-order valence-corrected chi connectivity index (χ0v) is 8.88. The standard InChI is InChI=1S/C10H12ClNO3/c11-8-5-10-9(4-7(8)6-12-13)14-2-1-3-15-10/h4-5,12-13H,1-3,6H2. The smallest absolute Gasteiger partial charge is 0.162 e. The monoisotopic (exact) mass is 229 g/mol. The van der Waals surface area contributed by atoms with Crippen molar-refractivity contribution in [3.8, 4) is 11.5 Å². The second-order valence-electron chi connectivity index (χ2n) is 3.28. The van der Waals surface area contributed by atoms with Gasteiger partial charge in [0.05, 0.1) is 13.2 Å².